The van der Waals surface area contributed by atoms with Crippen molar-refractivity contribution >= 4 is 17.6 Å². The van der Waals surface area contributed by atoms with E-state index < -0.39 is 22.9 Å². The predicted octanol–water partition coefficient (Wildman–Crippen LogP) is 1.27. The van der Waals surface area contributed by atoms with Crippen molar-refractivity contribution in [1.82, 2.24) is 9.47 Å². The number of carbonyl (C=O) groups is 2. The number of aromatic nitrogens is 1. The maximum Gasteiger partial charge on any atom is 0.340 e. The van der Waals surface area contributed by atoms with Crippen molar-refractivity contribution in [3.05, 3.63) is 69.0 Å². The molecule has 1 amide bonds. The van der Waals surface area contributed by atoms with Gasteiger partial charge in [0, 0.05) is 55.2 Å². The molecule has 0 aliphatic carbocycles. The van der Waals surface area contributed by atoms with Crippen LogP contribution < -0.4 is 20.9 Å². The third-order valence-electron chi connectivity index (χ3n) is 7.44. The Labute approximate surface area is 215 Å². The maximum atomic E-state index is 14.5. The number of anilines is 1. The number of morpholine rings is 1. The second-order valence-corrected chi connectivity index (χ2v) is 9.80. The van der Waals surface area contributed by atoms with Crippen LogP contribution in [0.15, 0.2) is 46.6 Å². The topological polar surface area (TPSA) is 116 Å². The van der Waals surface area contributed by atoms with Gasteiger partial charge in [0.1, 0.15) is 16.7 Å². The SMILES string of the molecule is COC(=O)C1=C(N)Oc2cc(C)n(CCN3CCOCC3)c(=O)c2C12C(=O)N(C(C)C)c1ccccc12. The van der Waals surface area contributed by atoms with Gasteiger partial charge in [0.2, 0.25) is 11.8 Å². The quantitative estimate of drug-likeness (QED) is 0.601. The molecule has 10 heteroatoms. The number of para-hydroxylation sites is 1. The lowest BCUT2D eigenvalue weighted by Crippen LogP contribution is -2.53. The van der Waals surface area contributed by atoms with Gasteiger partial charge in [-0.1, -0.05) is 18.2 Å². The van der Waals surface area contributed by atoms with E-state index in [0.29, 0.717) is 43.2 Å². The van der Waals surface area contributed by atoms with E-state index in [1.165, 1.54) is 7.11 Å². The molecule has 2 N–H and O–H groups in total. The first-order valence-electron chi connectivity index (χ1n) is 12.5. The summed E-state index contributed by atoms with van der Waals surface area (Å²) in [4.78, 5) is 45.9. The molecule has 0 bridgehead atoms. The predicted molar refractivity (Wildman–Crippen MR) is 136 cm³/mol. The molecule has 1 saturated heterocycles. The summed E-state index contributed by atoms with van der Waals surface area (Å²) in [6.07, 6.45) is 0. The molecular formula is C27H32N4O6. The number of rotatable bonds is 5. The molecule has 1 aromatic heterocycles. The van der Waals surface area contributed by atoms with E-state index in [0.717, 1.165) is 13.1 Å². The number of ether oxygens (including phenoxy) is 3. The Hall–Kier alpha value is -3.63. The Balaban J connectivity index is 1.77. The third kappa shape index (κ3) is 3.66. The molecule has 3 aliphatic rings. The molecule has 3 aliphatic heterocycles. The van der Waals surface area contributed by atoms with E-state index in [-0.39, 0.29) is 28.8 Å². The Bertz CT molecular complexity index is 1360. The summed E-state index contributed by atoms with van der Waals surface area (Å²) >= 11 is 0. The molecule has 5 rings (SSSR count). The van der Waals surface area contributed by atoms with Crippen LogP contribution in [0.4, 0.5) is 5.69 Å². The number of nitrogens with zero attached hydrogens (tertiary/aromatic N) is 3. The molecule has 1 atom stereocenters. The minimum absolute atomic E-state index is 0.0790. The van der Waals surface area contributed by atoms with Crippen LogP contribution >= 0.6 is 0 Å². The van der Waals surface area contributed by atoms with Crippen molar-refractivity contribution in [3.63, 3.8) is 0 Å². The highest BCUT2D eigenvalue weighted by Gasteiger charge is 2.62. The van der Waals surface area contributed by atoms with Crippen molar-refractivity contribution in [2.75, 3.05) is 44.9 Å². The van der Waals surface area contributed by atoms with Crippen molar-refractivity contribution < 1.29 is 23.8 Å². The van der Waals surface area contributed by atoms with Crippen molar-refractivity contribution in [2.24, 2.45) is 5.73 Å². The van der Waals surface area contributed by atoms with E-state index in [1.54, 1.807) is 27.7 Å². The molecule has 4 heterocycles. The van der Waals surface area contributed by atoms with Crippen LogP contribution in [0.25, 0.3) is 0 Å². The Morgan fingerprint density at radius 1 is 1.16 bits per heavy atom. The van der Waals surface area contributed by atoms with Gasteiger partial charge in [-0.2, -0.15) is 0 Å². The van der Waals surface area contributed by atoms with Crippen LogP contribution in [-0.4, -0.2) is 67.3 Å². The lowest BCUT2D eigenvalue weighted by Gasteiger charge is -2.36. The Morgan fingerprint density at radius 3 is 2.54 bits per heavy atom. The zero-order valence-corrected chi connectivity index (χ0v) is 21.6. The lowest BCUT2D eigenvalue weighted by molar-refractivity contribution is -0.138. The standard InChI is InChI=1S/C27H32N4O6/c1-16(2)31-19-8-6-5-7-18(19)27(26(31)34)21-20(37-23(28)22(27)25(33)35-4)15-17(3)30(24(21)32)10-9-29-11-13-36-14-12-29/h5-8,15-16H,9-14,28H2,1-4H3. The molecular weight excluding hydrogens is 476 g/mol. The average molecular weight is 509 g/mol. The molecule has 1 spiro atoms. The number of pyridine rings is 1. The first-order valence-corrected chi connectivity index (χ1v) is 12.5. The largest absolute Gasteiger partial charge is 0.465 e. The molecule has 2 aromatic rings. The summed E-state index contributed by atoms with van der Waals surface area (Å²) < 4.78 is 18.0. The number of aryl methyl sites for hydroxylation is 1. The minimum Gasteiger partial charge on any atom is -0.465 e. The van der Waals surface area contributed by atoms with Gasteiger partial charge in [-0.15, -0.1) is 0 Å². The number of amides is 1. The number of carbonyl (C=O) groups excluding carboxylic acids is 2. The molecule has 0 saturated carbocycles. The van der Waals surface area contributed by atoms with Gasteiger partial charge in [0.05, 0.1) is 25.9 Å². The van der Waals surface area contributed by atoms with Crippen LogP contribution in [0.5, 0.6) is 5.75 Å². The number of benzene rings is 1. The number of hydrogen-bond donors (Lipinski definition) is 1. The van der Waals surface area contributed by atoms with Gasteiger partial charge in [-0.25, -0.2) is 4.79 Å². The van der Waals surface area contributed by atoms with Gasteiger partial charge in [0.25, 0.3) is 5.56 Å². The second-order valence-electron chi connectivity index (χ2n) is 9.80. The Morgan fingerprint density at radius 2 is 1.86 bits per heavy atom. The van der Waals surface area contributed by atoms with Crippen LogP contribution in [0.2, 0.25) is 0 Å². The van der Waals surface area contributed by atoms with Crippen LogP contribution in [0.1, 0.15) is 30.7 Å². The zero-order chi connectivity index (χ0) is 26.5. The fraction of sp³-hybridized carbons (Fsp3) is 0.444. The summed E-state index contributed by atoms with van der Waals surface area (Å²) in [5, 5.41) is 0. The number of nitrogens with two attached hydrogens (primary N) is 1. The van der Waals surface area contributed by atoms with Gasteiger partial charge in [-0.3, -0.25) is 14.5 Å². The number of methoxy groups -OCH3 is 1. The highest BCUT2D eigenvalue weighted by molar-refractivity contribution is 6.18. The molecule has 1 unspecified atom stereocenters. The van der Waals surface area contributed by atoms with Crippen LogP contribution in [0.3, 0.4) is 0 Å². The van der Waals surface area contributed by atoms with Gasteiger partial charge in [-0.05, 0) is 26.8 Å². The average Bonchev–Trinajstić information content (AvgIpc) is 3.12. The number of esters is 1. The molecule has 0 radical (unpaired) electrons. The second kappa shape index (κ2) is 9.35. The van der Waals surface area contributed by atoms with Gasteiger partial charge < -0.3 is 29.4 Å². The van der Waals surface area contributed by atoms with E-state index in [9.17, 15) is 14.4 Å². The number of fused-ring (bicyclic) bond motifs is 4. The number of hydrogen-bond acceptors (Lipinski definition) is 8. The zero-order valence-electron chi connectivity index (χ0n) is 21.6. The van der Waals surface area contributed by atoms with Gasteiger partial charge >= 0.3 is 5.97 Å². The van der Waals surface area contributed by atoms with E-state index in [4.69, 9.17) is 19.9 Å². The Kier molecular flexibility index (Phi) is 6.33. The first-order chi connectivity index (χ1) is 17.7. The normalized spacial score (nSPS) is 21.3. The first kappa shape index (κ1) is 25.0. The molecule has 1 fully saturated rings. The van der Waals surface area contributed by atoms with E-state index in [2.05, 4.69) is 4.90 Å². The molecule has 37 heavy (non-hydrogen) atoms. The summed E-state index contributed by atoms with van der Waals surface area (Å²) in [7, 11) is 1.22. The highest BCUT2D eigenvalue weighted by atomic mass is 16.5. The van der Waals surface area contributed by atoms with Crippen molar-refractivity contribution in [1.29, 1.82) is 0 Å². The van der Waals surface area contributed by atoms with Crippen molar-refractivity contribution in [2.45, 2.75) is 38.8 Å². The van der Waals surface area contributed by atoms with Crippen molar-refractivity contribution in [3.8, 4) is 5.75 Å². The maximum absolute atomic E-state index is 14.5. The molecule has 1 aromatic carbocycles. The van der Waals surface area contributed by atoms with Gasteiger partial charge in [0.15, 0.2) is 0 Å². The van der Waals surface area contributed by atoms with E-state index >= 15 is 0 Å². The summed E-state index contributed by atoms with van der Waals surface area (Å²) in [6, 6.07) is 8.65. The fourth-order valence-corrected chi connectivity index (χ4v) is 5.75. The smallest absolute Gasteiger partial charge is 0.340 e. The molecule has 196 valence electrons. The third-order valence-corrected chi connectivity index (χ3v) is 7.44. The van der Waals surface area contributed by atoms with Crippen LogP contribution in [-0.2, 0) is 31.0 Å². The van der Waals surface area contributed by atoms with Crippen LogP contribution in [0, 0.1) is 6.92 Å². The monoisotopic (exact) mass is 508 g/mol. The fourth-order valence-electron chi connectivity index (χ4n) is 5.75. The summed E-state index contributed by atoms with van der Waals surface area (Å²) in [5.41, 5.74) is 5.81. The molecule has 10 nitrogen and oxygen atoms in total. The minimum atomic E-state index is -1.79. The summed E-state index contributed by atoms with van der Waals surface area (Å²) in [6.45, 7) is 9.50. The summed E-state index contributed by atoms with van der Waals surface area (Å²) in [5.74, 6) is -1.34. The highest BCUT2D eigenvalue weighted by Crippen LogP contribution is 2.55. The lowest BCUT2D eigenvalue weighted by atomic mass is 9.68. The van der Waals surface area contributed by atoms with E-state index in [1.807, 2.05) is 32.9 Å².